The molecule has 0 bridgehead atoms. The maximum atomic E-state index is 6.31. The molecule has 2 atom stereocenters. The molecule has 0 saturated carbocycles. The second-order valence-electron chi connectivity index (χ2n) is 6.16. The SMILES string of the molecule is [B]C1=CCC(N)C(C2=C3NC(c4ccccc4)OC3=CCC2)=C1. The number of hydrogen-bond donors (Lipinski definition) is 2. The fourth-order valence-electron chi connectivity index (χ4n) is 3.39. The van der Waals surface area contributed by atoms with E-state index in [0.717, 1.165) is 47.3 Å². The van der Waals surface area contributed by atoms with Crippen molar-refractivity contribution < 1.29 is 4.74 Å². The van der Waals surface area contributed by atoms with E-state index in [4.69, 9.17) is 18.3 Å². The van der Waals surface area contributed by atoms with Crippen molar-refractivity contribution in [3.05, 3.63) is 82.2 Å². The molecule has 1 saturated heterocycles. The molecular formula is C19H19BN2O. The molecule has 114 valence electrons. The minimum Gasteiger partial charge on any atom is -0.465 e. The molecule has 0 spiro atoms. The van der Waals surface area contributed by atoms with Crippen LogP contribution in [0, 0.1) is 0 Å². The molecule has 4 rings (SSSR count). The van der Waals surface area contributed by atoms with Gasteiger partial charge in [-0.05, 0) is 36.5 Å². The summed E-state index contributed by atoms with van der Waals surface area (Å²) in [6, 6.07) is 10.2. The Morgan fingerprint density at radius 1 is 1.17 bits per heavy atom. The Morgan fingerprint density at radius 3 is 2.83 bits per heavy atom. The summed E-state index contributed by atoms with van der Waals surface area (Å²) in [5.74, 6) is 0.932. The molecule has 3 nitrogen and oxygen atoms in total. The lowest BCUT2D eigenvalue weighted by Crippen LogP contribution is -2.27. The maximum absolute atomic E-state index is 6.31. The molecule has 3 aliphatic rings. The highest BCUT2D eigenvalue weighted by atomic mass is 16.5. The number of allylic oxidation sites excluding steroid dienone is 3. The van der Waals surface area contributed by atoms with E-state index < -0.39 is 0 Å². The van der Waals surface area contributed by atoms with Crippen LogP contribution in [0.5, 0.6) is 0 Å². The maximum Gasteiger partial charge on any atom is 0.196 e. The van der Waals surface area contributed by atoms with Gasteiger partial charge in [0.05, 0.1) is 5.70 Å². The number of nitrogens with one attached hydrogen (secondary N) is 1. The third-order valence-electron chi connectivity index (χ3n) is 4.57. The lowest BCUT2D eigenvalue weighted by Gasteiger charge is -2.25. The van der Waals surface area contributed by atoms with Crippen LogP contribution in [0.2, 0.25) is 0 Å². The number of ether oxygens (including phenoxy) is 1. The summed E-state index contributed by atoms with van der Waals surface area (Å²) < 4.78 is 6.11. The first kappa shape index (κ1) is 14.4. The Hall–Kier alpha value is -2.20. The van der Waals surface area contributed by atoms with Crippen LogP contribution in [0.3, 0.4) is 0 Å². The molecule has 1 aromatic rings. The molecule has 1 aliphatic heterocycles. The normalized spacial score (nSPS) is 26.6. The summed E-state index contributed by atoms with van der Waals surface area (Å²) in [6.07, 6.45) is 8.73. The highest BCUT2D eigenvalue weighted by Gasteiger charge is 2.32. The molecule has 3 N–H and O–H groups in total. The standard InChI is InChI=1S/C19H19BN2O/c20-13-9-10-16(21)15(11-13)14-7-4-8-17-18(14)22-19(23-17)12-5-2-1-3-6-12/h1-3,5-6,8-9,11,16,19,22H,4,7,10,21H2. The van der Waals surface area contributed by atoms with Crippen LogP contribution in [-0.2, 0) is 4.74 Å². The Balaban J connectivity index is 1.71. The van der Waals surface area contributed by atoms with Crippen LogP contribution >= 0.6 is 0 Å². The van der Waals surface area contributed by atoms with Gasteiger partial charge in [0.2, 0.25) is 0 Å². The van der Waals surface area contributed by atoms with Crippen molar-refractivity contribution in [2.24, 2.45) is 5.73 Å². The van der Waals surface area contributed by atoms with E-state index in [2.05, 4.69) is 23.5 Å². The van der Waals surface area contributed by atoms with E-state index in [-0.39, 0.29) is 12.3 Å². The molecule has 1 fully saturated rings. The van der Waals surface area contributed by atoms with Gasteiger partial charge in [0.25, 0.3) is 0 Å². The third-order valence-corrected chi connectivity index (χ3v) is 4.57. The van der Waals surface area contributed by atoms with E-state index in [1.54, 1.807) is 0 Å². The predicted molar refractivity (Wildman–Crippen MR) is 92.3 cm³/mol. The predicted octanol–water partition coefficient (Wildman–Crippen LogP) is 2.95. The number of nitrogens with two attached hydrogens (primary N) is 1. The van der Waals surface area contributed by atoms with Crippen LogP contribution < -0.4 is 11.1 Å². The van der Waals surface area contributed by atoms with Gasteiger partial charge in [0, 0.05) is 11.6 Å². The molecule has 23 heavy (non-hydrogen) atoms. The zero-order valence-corrected chi connectivity index (χ0v) is 13.0. The van der Waals surface area contributed by atoms with E-state index in [9.17, 15) is 0 Å². The average molecular weight is 302 g/mol. The van der Waals surface area contributed by atoms with Gasteiger partial charge in [0.15, 0.2) is 6.23 Å². The van der Waals surface area contributed by atoms with Crippen LogP contribution in [0.15, 0.2) is 76.6 Å². The van der Waals surface area contributed by atoms with Gasteiger partial charge in [-0.3, -0.25) is 0 Å². The van der Waals surface area contributed by atoms with Gasteiger partial charge >= 0.3 is 0 Å². The largest absolute Gasteiger partial charge is 0.465 e. The molecule has 1 heterocycles. The van der Waals surface area contributed by atoms with Gasteiger partial charge in [0.1, 0.15) is 13.6 Å². The average Bonchev–Trinajstić information content (AvgIpc) is 3.02. The van der Waals surface area contributed by atoms with E-state index in [0.29, 0.717) is 0 Å². The fourth-order valence-corrected chi connectivity index (χ4v) is 3.39. The zero-order chi connectivity index (χ0) is 15.8. The smallest absolute Gasteiger partial charge is 0.196 e. The van der Waals surface area contributed by atoms with Crippen molar-refractivity contribution in [2.75, 3.05) is 0 Å². The molecule has 4 heteroatoms. The molecule has 1 aromatic carbocycles. The first-order valence-corrected chi connectivity index (χ1v) is 8.07. The quantitative estimate of drug-likeness (QED) is 0.826. The van der Waals surface area contributed by atoms with E-state index in [1.807, 2.05) is 30.4 Å². The molecule has 2 unspecified atom stereocenters. The topological polar surface area (TPSA) is 47.3 Å². The Labute approximate surface area is 138 Å². The van der Waals surface area contributed by atoms with Gasteiger partial charge in [-0.25, -0.2) is 0 Å². The van der Waals surface area contributed by atoms with Gasteiger partial charge < -0.3 is 15.8 Å². The monoisotopic (exact) mass is 302 g/mol. The summed E-state index contributed by atoms with van der Waals surface area (Å²) in [6.45, 7) is 0. The van der Waals surface area contributed by atoms with Crippen LogP contribution in [0.25, 0.3) is 0 Å². The first-order chi connectivity index (χ1) is 11.2. The minimum atomic E-state index is -0.140. The minimum absolute atomic E-state index is 0.00160. The number of fused-ring (bicyclic) bond motifs is 1. The molecule has 2 radical (unpaired) electrons. The lowest BCUT2D eigenvalue weighted by molar-refractivity contribution is 0.147. The van der Waals surface area contributed by atoms with Crippen molar-refractivity contribution in [1.82, 2.24) is 5.32 Å². The summed E-state index contributed by atoms with van der Waals surface area (Å²) in [5, 5.41) is 3.52. The highest BCUT2D eigenvalue weighted by molar-refractivity contribution is 6.23. The van der Waals surface area contributed by atoms with Crippen molar-refractivity contribution in [3.63, 3.8) is 0 Å². The second kappa shape index (κ2) is 5.78. The van der Waals surface area contributed by atoms with Gasteiger partial charge in [-0.2, -0.15) is 0 Å². The molecule has 2 aliphatic carbocycles. The summed E-state index contributed by atoms with van der Waals surface area (Å²) in [4.78, 5) is 0. The Morgan fingerprint density at radius 2 is 2.00 bits per heavy atom. The second-order valence-corrected chi connectivity index (χ2v) is 6.16. The number of benzene rings is 1. The highest BCUT2D eigenvalue weighted by Crippen LogP contribution is 2.39. The third kappa shape index (κ3) is 2.64. The molecular weight excluding hydrogens is 283 g/mol. The van der Waals surface area contributed by atoms with Crippen molar-refractivity contribution in [3.8, 4) is 0 Å². The number of rotatable bonds is 2. The van der Waals surface area contributed by atoms with Crippen LogP contribution in [-0.4, -0.2) is 13.9 Å². The summed E-state index contributed by atoms with van der Waals surface area (Å²) in [5.41, 5.74) is 11.7. The first-order valence-electron chi connectivity index (χ1n) is 8.07. The molecule has 0 aromatic heterocycles. The van der Waals surface area contributed by atoms with Crippen LogP contribution in [0.1, 0.15) is 31.1 Å². The van der Waals surface area contributed by atoms with Crippen molar-refractivity contribution in [2.45, 2.75) is 31.5 Å². The van der Waals surface area contributed by atoms with Crippen molar-refractivity contribution >= 4 is 7.85 Å². The van der Waals surface area contributed by atoms with Gasteiger partial charge in [-0.1, -0.05) is 42.5 Å². The fraction of sp³-hybridized carbons (Fsp3) is 0.263. The van der Waals surface area contributed by atoms with E-state index >= 15 is 0 Å². The van der Waals surface area contributed by atoms with E-state index in [1.165, 1.54) is 5.57 Å². The summed E-state index contributed by atoms with van der Waals surface area (Å²) in [7, 11) is 5.99. The number of hydrogen-bond acceptors (Lipinski definition) is 3. The zero-order valence-electron chi connectivity index (χ0n) is 13.0. The Bertz CT molecular complexity index is 746. The summed E-state index contributed by atoms with van der Waals surface area (Å²) >= 11 is 0. The lowest BCUT2D eigenvalue weighted by atomic mass is 9.80. The van der Waals surface area contributed by atoms with Crippen molar-refractivity contribution in [1.29, 1.82) is 0 Å². The van der Waals surface area contributed by atoms with Crippen LogP contribution in [0.4, 0.5) is 0 Å². The molecule has 0 amide bonds. The Kier molecular flexibility index (Phi) is 3.62. The van der Waals surface area contributed by atoms with Gasteiger partial charge in [-0.15, -0.1) is 5.47 Å².